The molecule has 8 heteroatoms. The summed E-state index contributed by atoms with van der Waals surface area (Å²) in [5.41, 5.74) is 4.25. The van der Waals surface area contributed by atoms with E-state index in [1.54, 1.807) is 23.1 Å². The van der Waals surface area contributed by atoms with E-state index >= 15 is 0 Å². The Morgan fingerprint density at radius 2 is 2.07 bits per heavy atom. The summed E-state index contributed by atoms with van der Waals surface area (Å²) in [5.74, 6) is -0.110. The number of carbonyl (C=O) groups excluding carboxylic acids is 1. The Balaban J connectivity index is 1.41. The zero-order valence-electron chi connectivity index (χ0n) is 15.4. The van der Waals surface area contributed by atoms with Crippen molar-refractivity contribution in [3.05, 3.63) is 70.2 Å². The van der Waals surface area contributed by atoms with Crippen LogP contribution in [0.5, 0.6) is 0 Å². The lowest BCUT2D eigenvalue weighted by atomic mass is 10.1. The zero-order chi connectivity index (χ0) is 19.3. The second kappa shape index (κ2) is 6.26. The SMILES string of the molecule is Cc1cc2ncc3c(n2n1)CCN(C(=O)Cn1cnc2ccccc2c1=O)C3. The van der Waals surface area contributed by atoms with Crippen molar-refractivity contribution in [3.8, 4) is 0 Å². The van der Waals surface area contributed by atoms with Crippen LogP contribution >= 0.6 is 0 Å². The number of aromatic nitrogens is 5. The highest BCUT2D eigenvalue weighted by Crippen LogP contribution is 2.20. The number of amides is 1. The molecule has 1 aromatic carbocycles. The third kappa shape index (κ3) is 2.65. The highest BCUT2D eigenvalue weighted by atomic mass is 16.2. The van der Waals surface area contributed by atoms with Gasteiger partial charge < -0.3 is 4.90 Å². The summed E-state index contributed by atoms with van der Waals surface area (Å²) in [5, 5.41) is 5.02. The smallest absolute Gasteiger partial charge is 0.261 e. The van der Waals surface area contributed by atoms with E-state index in [9.17, 15) is 9.59 Å². The largest absolute Gasteiger partial charge is 0.336 e. The molecule has 0 spiro atoms. The first-order valence-electron chi connectivity index (χ1n) is 9.15. The molecule has 0 saturated heterocycles. The van der Waals surface area contributed by atoms with Crippen LogP contribution in [0, 0.1) is 6.92 Å². The molecule has 0 unspecified atom stereocenters. The van der Waals surface area contributed by atoms with Gasteiger partial charge in [-0.25, -0.2) is 14.5 Å². The molecular formula is C20H18N6O2. The van der Waals surface area contributed by atoms with Gasteiger partial charge in [-0.15, -0.1) is 0 Å². The van der Waals surface area contributed by atoms with E-state index in [0.29, 0.717) is 30.4 Å². The second-order valence-corrected chi connectivity index (χ2v) is 7.05. The number of carbonyl (C=O) groups is 1. The number of aryl methyl sites for hydroxylation is 1. The van der Waals surface area contributed by atoms with Crippen LogP contribution in [0.15, 0.2) is 47.7 Å². The number of fused-ring (bicyclic) bond motifs is 4. The molecular weight excluding hydrogens is 356 g/mol. The number of nitrogens with zero attached hydrogens (tertiary/aromatic N) is 6. The van der Waals surface area contributed by atoms with E-state index in [1.807, 2.05) is 29.8 Å². The maximum absolute atomic E-state index is 12.8. The molecule has 0 radical (unpaired) electrons. The minimum atomic E-state index is -0.202. The van der Waals surface area contributed by atoms with Crippen LogP contribution < -0.4 is 5.56 Å². The third-order valence-electron chi connectivity index (χ3n) is 5.16. The highest BCUT2D eigenvalue weighted by molar-refractivity contribution is 5.79. The van der Waals surface area contributed by atoms with Crippen LogP contribution in [-0.2, 0) is 24.3 Å². The van der Waals surface area contributed by atoms with Crippen LogP contribution in [0.25, 0.3) is 16.6 Å². The van der Waals surface area contributed by atoms with Crippen molar-refractivity contribution in [1.82, 2.24) is 29.0 Å². The van der Waals surface area contributed by atoms with Crippen molar-refractivity contribution in [1.29, 1.82) is 0 Å². The Bertz CT molecular complexity index is 1290. The molecule has 0 N–H and O–H groups in total. The van der Waals surface area contributed by atoms with Crippen molar-refractivity contribution in [3.63, 3.8) is 0 Å². The summed E-state index contributed by atoms with van der Waals surface area (Å²) in [6.45, 7) is 2.96. The normalized spacial score (nSPS) is 13.8. The second-order valence-electron chi connectivity index (χ2n) is 7.05. The summed E-state index contributed by atoms with van der Waals surface area (Å²) >= 11 is 0. The molecule has 1 aliphatic heterocycles. The predicted molar refractivity (Wildman–Crippen MR) is 103 cm³/mol. The molecule has 0 fully saturated rings. The van der Waals surface area contributed by atoms with E-state index in [2.05, 4.69) is 15.1 Å². The number of hydrogen-bond donors (Lipinski definition) is 0. The molecule has 28 heavy (non-hydrogen) atoms. The molecule has 5 rings (SSSR count). The number of para-hydroxylation sites is 1. The van der Waals surface area contributed by atoms with E-state index in [4.69, 9.17) is 0 Å². The van der Waals surface area contributed by atoms with Crippen molar-refractivity contribution < 1.29 is 4.79 Å². The predicted octanol–water partition coefficient (Wildman–Crippen LogP) is 1.33. The van der Waals surface area contributed by atoms with Crippen molar-refractivity contribution in [2.24, 2.45) is 0 Å². The molecule has 0 bridgehead atoms. The van der Waals surface area contributed by atoms with Crippen LogP contribution in [-0.4, -0.2) is 41.5 Å². The van der Waals surface area contributed by atoms with E-state index in [-0.39, 0.29) is 18.0 Å². The molecule has 4 heterocycles. The van der Waals surface area contributed by atoms with E-state index in [0.717, 1.165) is 22.6 Å². The van der Waals surface area contributed by atoms with Gasteiger partial charge in [-0.1, -0.05) is 12.1 Å². The van der Waals surface area contributed by atoms with Gasteiger partial charge >= 0.3 is 0 Å². The van der Waals surface area contributed by atoms with Gasteiger partial charge in [0.1, 0.15) is 6.54 Å². The molecule has 0 saturated carbocycles. The zero-order valence-corrected chi connectivity index (χ0v) is 15.4. The van der Waals surface area contributed by atoms with Gasteiger partial charge in [0, 0.05) is 37.3 Å². The monoisotopic (exact) mass is 374 g/mol. The molecule has 0 atom stereocenters. The summed E-state index contributed by atoms with van der Waals surface area (Å²) < 4.78 is 3.24. The summed E-state index contributed by atoms with van der Waals surface area (Å²) in [4.78, 5) is 35.9. The summed E-state index contributed by atoms with van der Waals surface area (Å²) in [6.07, 6.45) is 3.96. The Morgan fingerprint density at radius 3 is 2.96 bits per heavy atom. The Kier molecular flexibility index (Phi) is 3.71. The average Bonchev–Trinajstić information content (AvgIpc) is 3.10. The fraction of sp³-hybridized carbons (Fsp3) is 0.250. The fourth-order valence-electron chi connectivity index (χ4n) is 3.73. The average molecular weight is 374 g/mol. The van der Waals surface area contributed by atoms with E-state index in [1.165, 1.54) is 10.9 Å². The van der Waals surface area contributed by atoms with Crippen LogP contribution in [0.4, 0.5) is 0 Å². The van der Waals surface area contributed by atoms with Crippen LogP contribution in [0.1, 0.15) is 17.0 Å². The molecule has 4 aromatic rings. The number of hydrogen-bond acceptors (Lipinski definition) is 5. The fourth-order valence-corrected chi connectivity index (χ4v) is 3.73. The first kappa shape index (κ1) is 16.6. The first-order chi connectivity index (χ1) is 13.6. The van der Waals surface area contributed by atoms with Gasteiger partial charge in [0.05, 0.1) is 28.6 Å². The molecule has 8 nitrogen and oxygen atoms in total. The Morgan fingerprint density at radius 1 is 1.21 bits per heavy atom. The molecule has 0 aliphatic carbocycles. The minimum absolute atomic E-state index is 0.0252. The highest BCUT2D eigenvalue weighted by Gasteiger charge is 2.24. The maximum Gasteiger partial charge on any atom is 0.261 e. The lowest BCUT2D eigenvalue weighted by molar-refractivity contribution is -0.132. The van der Waals surface area contributed by atoms with Crippen LogP contribution in [0.2, 0.25) is 0 Å². The van der Waals surface area contributed by atoms with Crippen LogP contribution in [0.3, 0.4) is 0 Å². The topological polar surface area (TPSA) is 85.4 Å². The third-order valence-corrected chi connectivity index (χ3v) is 5.16. The molecule has 140 valence electrons. The number of benzene rings is 1. The van der Waals surface area contributed by atoms with E-state index < -0.39 is 0 Å². The lowest BCUT2D eigenvalue weighted by Gasteiger charge is -2.29. The maximum atomic E-state index is 12.8. The van der Waals surface area contributed by atoms with Crippen molar-refractivity contribution in [2.45, 2.75) is 26.4 Å². The van der Waals surface area contributed by atoms with Gasteiger partial charge in [-0.05, 0) is 19.1 Å². The minimum Gasteiger partial charge on any atom is -0.336 e. The Labute approximate surface area is 160 Å². The molecule has 1 aliphatic rings. The molecule has 1 amide bonds. The standard InChI is InChI=1S/C20H18N6O2/c1-13-8-18-21-9-14-10-24(7-6-17(14)26(18)23-13)19(27)11-25-12-22-16-5-3-2-4-15(16)20(25)28/h2-5,8-9,12H,6-7,10-11H2,1H3. The summed E-state index contributed by atoms with van der Waals surface area (Å²) in [7, 11) is 0. The summed E-state index contributed by atoms with van der Waals surface area (Å²) in [6, 6.07) is 9.09. The molecule has 3 aromatic heterocycles. The quantitative estimate of drug-likeness (QED) is 0.528. The Hall–Kier alpha value is -3.55. The lowest BCUT2D eigenvalue weighted by Crippen LogP contribution is -2.40. The number of rotatable bonds is 2. The van der Waals surface area contributed by atoms with Gasteiger partial charge in [0.15, 0.2) is 5.65 Å². The van der Waals surface area contributed by atoms with Crippen molar-refractivity contribution >= 4 is 22.5 Å². The van der Waals surface area contributed by atoms with Gasteiger partial charge in [-0.2, -0.15) is 5.10 Å². The van der Waals surface area contributed by atoms with Gasteiger partial charge in [0.2, 0.25) is 5.91 Å². The van der Waals surface area contributed by atoms with Gasteiger partial charge in [0.25, 0.3) is 5.56 Å². The first-order valence-corrected chi connectivity index (χ1v) is 9.15. The van der Waals surface area contributed by atoms with Gasteiger partial charge in [-0.3, -0.25) is 14.2 Å². The van der Waals surface area contributed by atoms with Crippen molar-refractivity contribution in [2.75, 3.05) is 6.54 Å².